The largest absolute Gasteiger partial charge is 0.396 e. The molecule has 3 saturated heterocycles. The Morgan fingerprint density at radius 3 is 2.69 bits per heavy atom. The lowest BCUT2D eigenvalue weighted by Crippen LogP contribution is -2.32. The predicted molar refractivity (Wildman–Crippen MR) is 156 cm³/mol. The minimum Gasteiger partial charge on any atom is -0.396 e. The normalized spacial score (nSPS) is 33.9. The number of aromatic amines is 1. The lowest BCUT2D eigenvalue weighted by molar-refractivity contribution is -0.0482. The van der Waals surface area contributed by atoms with Crippen LogP contribution < -0.4 is 11.3 Å². The summed E-state index contributed by atoms with van der Waals surface area (Å²) in [6, 6.07) is 0. The number of hydrogen-bond acceptors (Lipinski definition) is 16. The fraction of sp³-hybridized carbons (Fsp3) is 0.565. The van der Waals surface area contributed by atoms with Crippen LogP contribution >= 0.6 is 6.72 Å². The molecule has 242 valence electrons. The molecular formula is C23H28N9O10PS2. The fourth-order valence-electron chi connectivity index (χ4n) is 5.91. The number of aliphatic hydroxyl groups excluding tert-OH is 1. The predicted octanol–water partition coefficient (Wildman–Crippen LogP) is -0.619. The molecular weight excluding hydrogens is 657 g/mol. The maximum Gasteiger partial charge on any atom is 0.325 e. The van der Waals surface area contributed by atoms with Gasteiger partial charge in [-0.3, -0.25) is 18.1 Å². The summed E-state index contributed by atoms with van der Waals surface area (Å²) in [7, 11) is -4.18. The first-order chi connectivity index (χ1) is 21.4. The zero-order chi connectivity index (χ0) is 31.7. The molecule has 0 aromatic carbocycles. The van der Waals surface area contributed by atoms with E-state index in [-0.39, 0.29) is 29.8 Å². The number of imidazole rings is 2. The van der Waals surface area contributed by atoms with Crippen molar-refractivity contribution in [2.24, 2.45) is 5.92 Å². The summed E-state index contributed by atoms with van der Waals surface area (Å²) >= 11 is 5.36. The van der Waals surface area contributed by atoms with E-state index >= 15 is 0 Å². The van der Waals surface area contributed by atoms with E-state index in [1.54, 1.807) is 11.5 Å². The average molecular weight is 686 g/mol. The first-order valence-electron chi connectivity index (χ1n) is 13.8. The van der Waals surface area contributed by atoms with Crippen LogP contribution in [0.2, 0.25) is 0 Å². The quantitative estimate of drug-likeness (QED) is 0.155. The van der Waals surface area contributed by atoms with Gasteiger partial charge >= 0.3 is 6.72 Å². The maximum atomic E-state index is 13.3. The molecule has 3 aliphatic rings. The van der Waals surface area contributed by atoms with Crippen molar-refractivity contribution in [2.45, 2.75) is 56.6 Å². The Morgan fingerprint density at radius 2 is 1.89 bits per heavy atom. The number of H-pyrrole nitrogens is 1. The molecule has 0 spiro atoms. The van der Waals surface area contributed by atoms with Crippen LogP contribution in [0, 0.1) is 12.8 Å². The number of anilines is 1. The van der Waals surface area contributed by atoms with Gasteiger partial charge in [0.25, 0.3) is 15.7 Å². The van der Waals surface area contributed by atoms with Crippen molar-refractivity contribution < 1.29 is 41.1 Å². The first kappa shape index (κ1) is 30.7. The molecule has 8 atom stereocenters. The minimum atomic E-state index is -4.18. The van der Waals surface area contributed by atoms with Crippen LogP contribution in [0.25, 0.3) is 22.3 Å². The van der Waals surface area contributed by atoms with Crippen LogP contribution in [-0.2, 0) is 44.6 Å². The van der Waals surface area contributed by atoms with Gasteiger partial charge in [-0.2, -0.15) is 8.42 Å². The van der Waals surface area contributed by atoms with Crippen molar-refractivity contribution in [3.8, 4) is 0 Å². The number of ether oxygens (including phenoxy) is 2. The molecule has 3 aliphatic heterocycles. The van der Waals surface area contributed by atoms with E-state index < -0.39 is 84.2 Å². The summed E-state index contributed by atoms with van der Waals surface area (Å²) in [5.41, 5.74) is 6.32. The van der Waals surface area contributed by atoms with Crippen molar-refractivity contribution in [3.05, 3.63) is 35.2 Å². The number of fused-ring (bicyclic) bond motifs is 5. The summed E-state index contributed by atoms with van der Waals surface area (Å²) in [5, 5.41) is 10.4. The van der Waals surface area contributed by atoms with E-state index in [1.807, 2.05) is 0 Å². The number of nitrogens with one attached hydrogen (secondary N) is 1. The summed E-state index contributed by atoms with van der Waals surface area (Å²) < 4.78 is 59.2. The standard InChI is InChI=1S/C23H28N9O10PS2/c1-10-29-21-17(22(34)30-10)28-9-32(21)23-18-11(5-33)12(40-23)2-3-45(36,37)42-13-4-15(39-14(13)6-38-43(35,44)41-18)31-8-27-16-19(24)25-7-26-20(16)31/h7-9,11-15,18,23,33H,2-6H2,1H3,(H,35,44)(H2,24,25,26)(H,29,30,34). The molecule has 5 N–H and O–H groups in total. The lowest BCUT2D eigenvalue weighted by Gasteiger charge is -2.28. The second kappa shape index (κ2) is 11.4. The molecule has 8 unspecified atom stereocenters. The van der Waals surface area contributed by atoms with Gasteiger partial charge in [-0.25, -0.2) is 24.9 Å². The van der Waals surface area contributed by atoms with E-state index in [9.17, 15) is 23.2 Å². The summed E-state index contributed by atoms with van der Waals surface area (Å²) in [5.74, 6) is -0.856. The molecule has 7 rings (SSSR count). The summed E-state index contributed by atoms with van der Waals surface area (Å²) in [6.07, 6.45) is -1.99. The third-order valence-electron chi connectivity index (χ3n) is 7.99. The fourth-order valence-corrected chi connectivity index (χ4v) is 8.55. The van der Waals surface area contributed by atoms with Gasteiger partial charge in [0.2, 0.25) is 0 Å². The zero-order valence-electron chi connectivity index (χ0n) is 23.4. The van der Waals surface area contributed by atoms with Gasteiger partial charge in [0.15, 0.2) is 28.9 Å². The van der Waals surface area contributed by atoms with Crippen LogP contribution in [-0.4, -0.2) is 101 Å². The Labute approximate surface area is 259 Å². The Morgan fingerprint density at radius 1 is 1.11 bits per heavy atom. The van der Waals surface area contributed by atoms with Gasteiger partial charge in [-0.1, -0.05) is 0 Å². The molecule has 4 aromatic rings. The van der Waals surface area contributed by atoms with E-state index in [4.69, 9.17) is 40.2 Å². The SMILES string of the molecule is Cc1nc2c(ncn2C2OC3CCS(=O)(=O)OC4CC(n5cnc6c(N)ncnc65)OC4COP(O)(=S)OC2C3CO)c(=O)[nH]1. The molecule has 3 fully saturated rings. The van der Waals surface area contributed by atoms with Gasteiger partial charge in [-0.05, 0) is 25.2 Å². The second-order valence-electron chi connectivity index (χ2n) is 10.9. The topological polar surface area (TPSA) is 254 Å². The molecule has 22 heteroatoms. The van der Waals surface area contributed by atoms with Crippen LogP contribution in [0.1, 0.15) is 31.1 Å². The molecule has 0 aliphatic carbocycles. The highest BCUT2D eigenvalue weighted by molar-refractivity contribution is 8.07. The molecule has 45 heavy (non-hydrogen) atoms. The van der Waals surface area contributed by atoms with E-state index in [1.165, 1.54) is 23.5 Å². The number of aliphatic hydroxyl groups is 1. The number of rotatable bonds is 3. The van der Waals surface area contributed by atoms with Crippen molar-refractivity contribution in [1.82, 2.24) is 39.0 Å². The number of hydrogen-bond donors (Lipinski definition) is 4. The Hall–Kier alpha value is -2.98. The molecule has 0 amide bonds. The highest BCUT2D eigenvalue weighted by Crippen LogP contribution is 2.52. The smallest absolute Gasteiger partial charge is 0.325 e. The van der Waals surface area contributed by atoms with Gasteiger partial charge in [-0.15, -0.1) is 0 Å². The molecule has 7 heterocycles. The van der Waals surface area contributed by atoms with Crippen molar-refractivity contribution in [1.29, 1.82) is 0 Å². The van der Waals surface area contributed by atoms with Crippen molar-refractivity contribution >= 4 is 56.8 Å². The number of aryl methyl sites for hydroxylation is 1. The highest BCUT2D eigenvalue weighted by atomic mass is 32.5. The molecule has 0 saturated carbocycles. The van der Waals surface area contributed by atoms with Crippen LogP contribution in [0.15, 0.2) is 23.8 Å². The van der Waals surface area contributed by atoms with Gasteiger partial charge in [0.1, 0.15) is 42.2 Å². The van der Waals surface area contributed by atoms with Gasteiger partial charge < -0.3 is 39.2 Å². The van der Waals surface area contributed by atoms with Crippen molar-refractivity contribution in [2.75, 3.05) is 24.7 Å². The average Bonchev–Trinajstić information content (AvgIpc) is 3.74. The van der Waals surface area contributed by atoms with E-state index in [0.29, 0.717) is 17.0 Å². The lowest BCUT2D eigenvalue weighted by atomic mass is 9.97. The molecule has 0 radical (unpaired) electrons. The third-order valence-corrected chi connectivity index (χ3v) is 10.8. The highest BCUT2D eigenvalue weighted by Gasteiger charge is 2.50. The van der Waals surface area contributed by atoms with Crippen LogP contribution in [0.4, 0.5) is 5.82 Å². The summed E-state index contributed by atoms with van der Waals surface area (Å²) in [4.78, 5) is 47.1. The Kier molecular flexibility index (Phi) is 7.75. The van der Waals surface area contributed by atoms with Crippen molar-refractivity contribution in [3.63, 3.8) is 0 Å². The number of nitrogens with two attached hydrogens (primary N) is 1. The number of nitrogen functional groups attached to an aromatic ring is 1. The summed E-state index contributed by atoms with van der Waals surface area (Å²) in [6.45, 7) is -3.41. The molecule has 4 aromatic heterocycles. The van der Waals surface area contributed by atoms with E-state index in [0.717, 1.165) is 0 Å². The van der Waals surface area contributed by atoms with Gasteiger partial charge in [0.05, 0.1) is 37.7 Å². The maximum absolute atomic E-state index is 13.3. The third kappa shape index (κ3) is 5.66. The number of aromatic nitrogens is 8. The Bertz CT molecular complexity index is 1990. The minimum absolute atomic E-state index is 0.0239. The van der Waals surface area contributed by atoms with Gasteiger partial charge in [0, 0.05) is 12.3 Å². The number of nitrogens with zero attached hydrogens (tertiary/aromatic N) is 7. The zero-order valence-corrected chi connectivity index (χ0v) is 26.0. The molecule has 2 bridgehead atoms. The second-order valence-corrected chi connectivity index (χ2v) is 15.4. The Balaban J connectivity index is 1.21. The first-order valence-corrected chi connectivity index (χ1v) is 17.9. The van der Waals surface area contributed by atoms with E-state index in [2.05, 4.69) is 29.9 Å². The monoisotopic (exact) mass is 685 g/mol. The van der Waals surface area contributed by atoms with Crippen LogP contribution in [0.5, 0.6) is 0 Å². The molecule has 19 nitrogen and oxygen atoms in total. The van der Waals surface area contributed by atoms with Crippen LogP contribution in [0.3, 0.4) is 0 Å².